The Balaban J connectivity index is 1.92. The van der Waals surface area contributed by atoms with Crippen molar-refractivity contribution in [2.75, 3.05) is 10.7 Å². The molecule has 7 heteroatoms. The number of carbonyl (C=O) groups excluding carboxylic acids is 1. The zero-order valence-electron chi connectivity index (χ0n) is 19.2. The van der Waals surface area contributed by atoms with Crippen LogP contribution in [0.5, 0.6) is 5.88 Å². The minimum absolute atomic E-state index is 0.109. The van der Waals surface area contributed by atoms with Crippen LogP contribution in [0.4, 0.5) is 5.69 Å². The van der Waals surface area contributed by atoms with Crippen molar-refractivity contribution < 1.29 is 9.53 Å². The number of benzene rings is 2. The molecule has 2 heterocycles. The summed E-state index contributed by atoms with van der Waals surface area (Å²) in [5.41, 5.74) is 6.24. The van der Waals surface area contributed by atoms with Crippen LogP contribution < -0.4 is 9.64 Å². The molecule has 1 atom stereocenters. The highest BCUT2D eigenvalue weighted by Crippen LogP contribution is 2.45. The number of hydrogen-bond acceptors (Lipinski definition) is 6. The third-order valence-corrected chi connectivity index (χ3v) is 6.39. The first-order valence-corrected chi connectivity index (χ1v) is 11.9. The fourth-order valence-corrected chi connectivity index (χ4v) is 4.79. The standard InChI is InChI=1S/C25H28N4O2S/c1-6-7-12-32-25-26-23-21(27-28-25)20-14-16(3)13-17(4)22(20)29(18(5)30)24(31-23)19-10-8-15(2)9-11-19/h8-11,13-14,24H,6-7,12H2,1-5H3. The van der Waals surface area contributed by atoms with Gasteiger partial charge in [-0.25, -0.2) is 0 Å². The average Bonchev–Trinajstić information content (AvgIpc) is 2.89. The van der Waals surface area contributed by atoms with Gasteiger partial charge in [0.2, 0.25) is 23.2 Å². The summed E-state index contributed by atoms with van der Waals surface area (Å²) in [4.78, 5) is 19.4. The number of amides is 1. The molecule has 2 aromatic carbocycles. The van der Waals surface area contributed by atoms with Crippen molar-refractivity contribution in [1.29, 1.82) is 0 Å². The lowest BCUT2D eigenvalue weighted by Crippen LogP contribution is -2.36. The van der Waals surface area contributed by atoms with E-state index in [2.05, 4.69) is 23.2 Å². The number of rotatable bonds is 5. The lowest BCUT2D eigenvalue weighted by Gasteiger charge is -2.31. The van der Waals surface area contributed by atoms with E-state index in [0.717, 1.165) is 52.1 Å². The van der Waals surface area contributed by atoms with E-state index < -0.39 is 6.23 Å². The number of aromatic nitrogens is 3. The third kappa shape index (κ3) is 4.35. The molecule has 0 spiro atoms. The number of ether oxygens (including phenoxy) is 1. The van der Waals surface area contributed by atoms with Gasteiger partial charge in [0.25, 0.3) is 0 Å². The highest BCUT2D eigenvalue weighted by molar-refractivity contribution is 7.99. The number of nitrogens with zero attached hydrogens (tertiary/aromatic N) is 4. The van der Waals surface area contributed by atoms with Gasteiger partial charge in [-0.2, -0.15) is 4.98 Å². The molecule has 1 aliphatic heterocycles. The van der Waals surface area contributed by atoms with Crippen molar-refractivity contribution >= 4 is 23.4 Å². The molecule has 6 nitrogen and oxygen atoms in total. The number of carbonyl (C=O) groups is 1. The Labute approximate surface area is 193 Å². The summed E-state index contributed by atoms with van der Waals surface area (Å²) in [7, 11) is 0. The van der Waals surface area contributed by atoms with Crippen LogP contribution in [0.2, 0.25) is 0 Å². The van der Waals surface area contributed by atoms with E-state index in [9.17, 15) is 4.79 Å². The number of unbranched alkanes of at least 4 members (excludes halogenated alkanes) is 1. The molecule has 0 N–H and O–H groups in total. The summed E-state index contributed by atoms with van der Waals surface area (Å²) in [6, 6.07) is 12.1. The topological polar surface area (TPSA) is 68.2 Å². The van der Waals surface area contributed by atoms with Crippen molar-refractivity contribution in [2.45, 2.75) is 58.8 Å². The third-order valence-electron chi connectivity index (χ3n) is 5.46. The number of fused-ring (bicyclic) bond motifs is 3. The minimum Gasteiger partial charge on any atom is -0.447 e. The number of thioether (sulfide) groups is 1. The van der Waals surface area contributed by atoms with Crippen LogP contribution >= 0.6 is 11.8 Å². The Bertz CT molecular complexity index is 1150. The molecule has 1 amide bonds. The maximum Gasteiger partial charge on any atom is 0.247 e. The molecule has 32 heavy (non-hydrogen) atoms. The fraction of sp³-hybridized carbons (Fsp3) is 0.360. The minimum atomic E-state index is -0.653. The van der Waals surface area contributed by atoms with Crippen LogP contribution in [0.1, 0.15) is 55.2 Å². The van der Waals surface area contributed by atoms with Gasteiger partial charge in [-0.15, -0.1) is 10.2 Å². The Morgan fingerprint density at radius 3 is 2.53 bits per heavy atom. The summed E-state index contributed by atoms with van der Waals surface area (Å²) in [5.74, 6) is 1.22. The Hall–Kier alpha value is -2.93. The van der Waals surface area contributed by atoms with Crippen LogP contribution in [0, 0.1) is 20.8 Å². The van der Waals surface area contributed by atoms with Gasteiger partial charge in [0.05, 0.1) is 5.69 Å². The zero-order valence-corrected chi connectivity index (χ0v) is 20.0. The van der Waals surface area contributed by atoms with Crippen LogP contribution in [0.15, 0.2) is 41.6 Å². The summed E-state index contributed by atoms with van der Waals surface area (Å²) in [5, 5.41) is 9.47. The second kappa shape index (κ2) is 9.28. The van der Waals surface area contributed by atoms with Crippen LogP contribution in [-0.4, -0.2) is 26.8 Å². The van der Waals surface area contributed by atoms with Gasteiger partial charge in [0, 0.05) is 23.8 Å². The van der Waals surface area contributed by atoms with Crippen molar-refractivity contribution in [3.8, 4) is 17.1 Å². The molecule has 1 aromatic heterocycles. The van der Waals surface area contributed by atoms with Crippen molar-refractivity contribution in [1.82, 2.24) is 15.2 Å². The number of hydrogen-bond donors (Lipinski definition) is 0. The van der Waals surface area contributed by atoms with Gasteiger partial charge in [0.1, 0.15) is 0 Å². The summed E-state index contributed by atoms with van der Waals surface area (Å²) >= 11 is 1.57. The molecule has 1 unspecified atom stereocenters. The van der Waals surface area contributed by atoms with E-state index in [4.69, 9.17) is 9.72 Å². The lowest BCUT2D eigenvalue weighted by atomic mass is 10.00. The molecule has 0 aliphatic carbocycles. The van der Waals surface area contributed by atoms with Crippen LogP contribution in [-0.2, 0) is 4.79 Å². The highest BCUT2D eigenvalue weighted by Gasteiger charge is 2.35. The first kappa shape index (κ1) is 22.3. The zero-order chi connectivity index (χ0) is 22.8. The van der Waals surface area contributed by atoms with E-state index in [1.54, 1.807) is 23.6 Å². The van der Waals surface area contributed by atoms with E-state index >= 15 is 0 Å². The van der Waals surface area contributed by atoms with E-state index in [-0.39, 0.29) is 5.91 Å². The predicted octanol–water partition coefficient (Wildman–Crippen LogP) is 5.80. The second-order valence-electron chi connectivity index (χ2n) is 8.20. The molecular formula is C25H28N4O2S. The Kier molecular flexibility index (Phi) is 6.46. The van der Waals surface area contributed by atoms with E-state index in [0.29, 0.717) is 16.7 Å². The molecule has 3 aromatic rings. The summed E-state index contributed by atoms with van der Waals surface area (Å²) in [6.07, 6.45) is 1.54. The van der Waals surface area contributed by atoms with Crippen molar-refractivity contribution in [2.24, 2.45) is 0 Å². The van der Waals surface area contributed by atoms with Gasteiger partial charge < -0.3 is 4.74 Å². The SMILES string of the molecule is CCCCSc1nnc2c(n1)OC(c1ccc(C)cc1)N(C(C)=O)c1c(C)cc(C)cc1-2. The largest absolute Gasteiger partial charge is 0.447 e. The molecule has 166 valence electrons. The quantitative estimate of drug-likeness (QED) is 0.363. The molecule has 0 saturated carbocycles. The molecular weight excluding hydrogens is 420 g/mol. The summed E-state index contributed by atoms with van der Waals surface area (Å²) in [6.45, 7) is 9.80. The number of aryl methyl sites for hydroxylation is 3. The smallest absolute Gasteiger partial charge is 0.247 e. The molecule has 1 aliphatic rings. The maximum atomic E-state index is 13.0. The summed E-state index contributed by atoms with van der Waals surface area (Å²) < 4.78 is 6.46. The van der Waals surface area contributed by atoms with Gasteiger partial charge in [-0.05, 0) is 38.8 Å². The van der Waals surface area contributed by atoms with Crippen molar-refractivity contribution in [3.63, 3.8) is 0 Å². The van der Waals surface area contributed by atoms with Gasteiger partial charge in [0.15, 0.2) is 5.69 Å². The first-order chi connectivity index (χ1) is 15.4. The monoisotopic (exact) mass is 448 g/mol. The second-order valence-corrected chi connectivity index (χ2v) is 9.26. The van der Waals surface area contributed by atoms with E-state index in [1.165, 1.54) is 0 Å². The van der Waals surface area contributed by atoms with Crippen LogP contribution in [0.25, 0.3) is 11.3 Å². The van der Waals surface area contributed by atoms with E-state index in [1.807, 2.05) is 51.1 Å². The first-order valence-electron chi connectivity index (χ1n) is 10.9. The molecule has 0 bridgehead atoms. The molecule has 0 saturated heterocycles. The van der Waals surface area contributed by atoms with Crippen LogP contribution in [0.3, 0.4) is 0 Å². The lowest BCUT2D eigenvalue weighted by molar-refractivity contribution is -0.118. The Morgan fingerprint density at radius 1 is 1.09 bits per heavy atom. The highest BCUT2D eigenvalue weighted by atomic mass is 32.2. The predicted molar refractivity (Wildman–Crippen MR) is 128 cm³/mol. The fourth-order valence-electron chi connectivity index (χ4n) is 3.92. The van der Waals surface area contributed by atoms with Gasteiger partial charge >= 0.3 is 0 Å². The molecule has 4 rings (SSSR count). The molecule has 0 fully saturated rings. The van der Waals surface area contributed by atoms with Crippen molar-refractivity contribution in [3.05, 3.63) is 58.7 Å². The number of anilines is 1. The maximum absolute atomic E-state index is 13.0. The van der Waals surface area contributed by atoms with Gasteiger partial charge in [-0.1, -0.05) is 66.6 Å². The molecule has 0 radical (unpaired) electrons. The van der Waals surface area contributed by atoms with Gasteiger partial charge in [-0.3, -0.25) is 9.69 Å². The average molecular weight is 449 g/mol. The Morgan fingerprint density at radius 2 is 1.84 bits per heavy atom. The normalized spacial score (nSPS) is 14.9.